The predicted molar refractivity (Wildman–Crippen MR) is 124 cm³/mol. The number of carbonyl (C=O) groups excluding carboxylic acids is 1. The summed E-state index contributed by atoms with van der Waals surface area (Å²) in [5, 5.41) is 14.3. The van der Waals surface area contributed by atoms with Crippen LogP contribution in [0.4, 0.5) is 19.0 Å². The molecule has 0 spiro atoms. The SMILES string of the molecule is CC1(NC(=O)C2COC(C(=N)c3cccc(OC(F)F)c3)=C(Nc3ccc(F)cn3)C2)CS(=O)(=O)C1. The van der Waals surface area contributed by atoms with Crippen LogP contribution in [-0.2, 0) is 19.4 Å². The fraction of sp³-hybridized carbons (Fsp3) is 0.348. The molecule has 192 valence electrons. The number of amides is 1. The van der Waals surface area contributed by atoms with E-state index in [0.29, 0.717) is 0 Å². The first-order chi connectivity index (χ1) is 16.9. The number of ether oxygens (including phenoxy) is 2. The quantitative estimate of drug-likeness (QED) is 0.453. The van der Waals surface area contributed by atoms with Gasteiger partial charge in [-0.3, -0.25) is 10.2 Å². The van der Waals surface area contributed by atoms with Crippen LogP contribution >= 0.6 is 0 Å². The Balaban J connectivity index is 1.59. The van der Waals surface area contributed by atoms with E-state index in [-0.39, 0.29) is 58.8 Å². The van der Waals surface area contributed by atoms with Gasteiger partial charge in [0.05, 0.1) is 34.9 Å². The summed E-state index contributed by atoms with van der Waals surface area (Å²) in [4.78, 5) is 16.8. The first kappa shape index (κ1) is 25.5. The van der Waals surface area contributed by atoms with Gasteiger partial charge < -0.3 is 20.1 Å². The second-order valence-electron chi connectivity index (χ2n) is 8.87. The zero-order valence-corrected chi connectivity index (χ0v) is 19.9. The second-order valence-corrected chi connectivity index (χ2v) is 10.9. The highest BCUT2D eigenvalue weighted by Crippen LogP contribution is 2.30. The van der Waals surface area contributed by atoms with Crippen molar-refractivity contribution in [2.75, 3.05) is 23.4 Å². The third-order valence-electron chi connectivity index (χ3n) is 5.61. The molecule has 1 unspecified atom stereocenters. The van der Waals surface area contributed by atoms with Crippen LogP contribution < -0.4 is 15.4 Å². The van der Waals surface area contributed by atoms with Gasteiger partial charge in [0.15, 0.2) is 15.6 Å². The van der Waals surface area contributed by atoms with Gasteiger partial charge in [-0.15, -0.1) is 0 Å². The lowest BCUT2D eigenvalue weighted by Crippen LogP contribution is -2.64. The lowest BCUT2D eigenvalue weighted by atomic mass is 9.95. The number of allylic oxidation sites excluding steroid dienone is 2. The van der Waals surface area contributed by atoms with Crippen LogP contribution in [0.3, 0.4) is 0 Å². The Bertz CT molecular complexity index is 1300. The van der Waals surface area contributed by atoms with E-state index >= 15 is 0 Å². The number of carbonyl (C=O) groups is 1. The average molecular weight is 525 g/mol. The van der Waals surface area contributed by atoms with E-state index in [1.54, 1.807) is 6.92 Å². The minimum absolute atomic E-state index is 0.0526. The molecule has 1 aromatic carbocycles. The van der Waals surface area contributed by atoms with Crippen molar-refractivity contribution in [1.82, 2.24) is 10.3 Å². The van der Waals surface area contributed by atoms with Gasteiger partial charge >= 0.3 is 6.61 Å². The van der Waals surface area contributed by atoms with Gasteiger partial charge in [0.25, 0.3) is 0 Å². The Morgan fingerprint density at radius 1 is 1.28 bits per heavy atom. The number of sulfone groups is 1. The Kier molecular flexibility index (Phi) is 6.94. The lowest BCUT2D eigenvalue weighted by molar-refractivity contribution is -0.128. The number of anilines is 1. The van der Waals surface area contributed by atoms with Crippen LogP contribution in [0.2, 0.25) is 0 Å². The first-order valence-electron chi connectivity index (χ1n) is 10.8. The molecule has 3 heterocycles. The molecule has 3 N–H and O–H groups in total. The number of benzene rings is 1. The maximum atomic E-state index is 13.3. The maximum absolute atomic E-state index is 13.3. The minimum Gasteiger partial charge on any atom is -0.489 e. The van der Waals surface area contributed by atoms with E-state index in [4.69, 9.17) is 10.1 Å². The van der Waals surface area contributed by atoms with Crippen molar-refractivity contribution in [3.8, 4) is 5.75 Å². The topological polar surface area (TPSA) is 130 Å². The molecule has 2 aliphatic heterocycles. The number of pyridine rings is 1. The molecule has 1 atom stereocenters. The fourth-order valence-corrected chi connectivity index (χ4v) is 6.13. The minimum atomic E-state index is -3.17. The summed E-state index contributed by atoms with van der Waals surface area (Å²) in [6.07, 6.45) is 1.06. The standard InChI is InChI=1S/C23H23F3N4O5S/c1-23(11-36(32,33)12-23)30-21(31)14-8-17(29-18-6-5-15(24)9-28-18)20(34-10-14)19(27)13-3-2-4-16(7-13)35-22(25)26/h2-7,9,14,22,27H,8,10-12H2,1H3,(H,28,29)(H,30,31). The summed E-state index contributed by atoms with van der Waals surface area (Å²) >= 11 is 0. The number of hydrogen-bond acceptors (Lipinski definition) is 8. The molecule has 1 aromatic heterocycles. The van der Waals surface area contributed by atoms with E-state index in [9.17, 15) is 26.4 Å². The highest BCUT2D eigenvalue weighted by atomic mass is 32.2. The lowest BCUT2D eigenvalue weighted by Gasteiger charge is -2.39. The van der Waals surface area contributed by atoms with Crippen LogP contribution in [0, 0.1) is 17.1 Å². The normalized spacial score (nSPS) is 20.2. The molecule has 1 fully saturated rings. The molecule has 0 aliphatic carbocycles. The molecule has 13 heteroatoms. The molecule has 36 heavy (non-hydrogen) atoms. The van der Waals surface area contributed by atoms with E-state index in [2.05, 4.69) is 20.4 Å². The number of nitrogens with one attached hydrogen (secondary N) is 3. The molecule has 9 nitrogen and oxygen atoms in total. The first-order valence-corrected chi connectivity index (χ1v) is 12.7. The van der Waals surface area contributed by atoms with Gasteiger partial charge in [-0.2, -0.15) is 8.78 Å². The van der Waals surface area contributed by atoms with Gasteiger partial charge in [0, 0.05) is 12.0 Å². The molecular weight excluding hydrogens is 501 g/mol. The summed E-state index contributed by atoms with van der Waals surface area (Å²) in [5.74, 6) is -1.88. The van der Waals surface area contributed by atoms with Crippen molar-refractivity contribution < 1.29 is 35.9 Å². The summed E-state index contributed by atoms with van der Waals surface area (Å²) in [7, 11) is -3.17. The highest BCUT2D eigenvalue weighted by Gasteiger charge is 2.46. The maximum Gasteiger partial charge on any atom is 0.387 e. The van der Waals surface area contributed by atoms with Gasteiger partial charge in [-0.1, -0.05) is 12.1 Å². The van der Waals surface area contributed by atoms with Crippen molar-refractivity contribution in [3.05, 3.63) is 65.4 Å². The molecule has 0 saturated carbocycles. The van der Waals surface area contributed by atoms with Crippen LogP contribution in [0.15, 0.2) is 54.1 Å². The largest absolute Gasteiger partial charge is 0.489 e. The third-order valence-corrected chi connectivity index (χ3v) is 7.76. The van der Waals surface area contributed by atoms with Gasteiger partial charge in [-0.25, -0.2) is 17.8 Å². The third kappa shape index (κ3) is 5.96. The van der Waals surface area contributed by atoms with Crippen molar-refractivity contribution in [1.29, 1.82) is 5.41 Å². The predicted octanol–water partition coefficient (Wildman–Crippen LogP) is 2.85. The van der Waals surface area contributed by atoms with Crippen LogP contribution in [0.1, 0.15) is 18.9 Å². The van der Waals surface area contributed by atoms with Gasteiger partial charge in [-0.05, 0) is 31.2 Å². The Morgan fingerprint density at radius 3 is 2.67 bits per heavy atom. The van der Waals surface area contributed by atoms with Crippen LogP contribution in [0.5, 0.6) is 5.75 Å². The van der Waals surface area contributed by atoms with Crippen molar-refractivity contribution >= 4 is 27.3 Å². The molecule has 0 bridgehead atoms. The number of nitrogens with zero attached hydrogens (tertiary/aromatic N) is 1. The van der Waals surface area contributed by atoms with Gasteiger partial charge in [0.2, 0.25) is 5.91 Å². The second kappa shape index (κ2) is 9.80. The Hall–Kier alpha value is -3.61. The molecule has 1 saturated heterocycles. The fourth-order valence-electron chi connectivity index (χ4n) is 4.13. The van der Waals surface area contributed by atoms with Crippen molar-refractivity contribution in [3.63, 3.8) is 0 Å². The Labute approximate surface area is 205 Å². The summed E-state index contributed by atoms with van der Waals surface area (Å²) in [6, 6.07) is 8.09. The molecule has 0 radical (unpaired) electrons. The molecular formula is C23H23F3N4O5S. The summed E-state index contributed by atoms with van der Waals surface area (Å²) in [6.45, 7) is -1.50. The van der Waals surface area contributed by atoms with E-state index in [0.717, 1.165) is 6.20 Å². The van der Waals surface area contributed by atoms with E-state index in [1.807, 2.05) is 0 Å². The molecule has 4 rings (SSSR count). The number of rotatable bonds is 8. The number of hydrogen-bond donors (Lipinski definition) is 3. The van der Waals surface area contributed by atoms with Crippen molar-refractivity contribution in [2.45, 2.75) is 25.5 Å². The number of halogens is 3. The van der Waals surface area contributed by atoms with E-state index < -0.39 is 39.6 Å². The average Bonchev–Trinajstić information content (AvgIpc) is 2.78. The van der Waals surface area contributed by atoms with Crippen LogP contribution in [-0.4, -0.2) is 55.3 Å². The smallest absolute Gasteiger partial charge is 0.387 e. The molecule has 2 aromatic rings. The Morgan fingerprint density at radius 2 is 2.03 bits per heavy atom. The zero-order chi connectivity index (χ0) is 26.1. The van der Waals surface area contributed by atoms with Crippen molar-refractivity contribution in [2.24, 2.45) is 5.92 Å². The summed E-state index contributed by atoms with van der Waals surface area (Å²) in [5.41, 5.74) is -0.513. The number of aromatic nitrogens is 1. The monoisotopic (exact) mass is 524 g/mol. The highest BCUT2D eigenvalue weighted by molar-refractivity contribution is 7.93. The number of alkyl halides is 2. The van der Waals surface area contributed by atoms with Crippen LogP contribution in [0.25, 0.3) is 0 Å². The zero-order valence-electron chi connectivity index (χ0n) is 19.1. The van der Waals surface area contributed by atoms with Gasteiger partial charge in [0.1, 0.15) is 29.7 Å². The molecule has 1 amide bonds. The summed E-state index contributed by atoms with van der Waals surface area (Å²) < 4.78 is 71.9. The van der Waals surface area contributed by atoms with E-state index in [1.165, 1.54) is 36.4 Å². The molecule has 2 aliphatic rings.